The molecule has 1 saturated heterocycles. The first-order valence-corrected chi connectivity index (χ1v) is 10.9. The van der Waals surface area contributed by atoms with E-state index in [9.17, 15) is 24.5 Å². The molecule has 2 aromatic carbocycles. The number of nitrogens with zero attached hydrogens (tertiary/aromatic N) is 2. The first kappa shape index (κ1) is 24.3. The molecule has 0 spiro atoms. The van der Waals surface area contributed by atoms with E-state index in [1.165, 1.54) is 44.6 Å². The zero-order chi connectivity index (χ0) is 24.1. The first-order chi connectivity index (χ1) is 15.7. The number of hydrogen-bond donors (Lipinski definition) is 0. The van der Waals surface area contributed by atoms with Crippen LogP contribution in [0.25, 0.3) is 6.08 Å². The Labute approximate surface area is 200 Å². The van der Waals surface area contributed by atoms with Crippen molar-refractivity contribution in [1.29, 1.82) is 0 Å². The van der Waals surface area contributed by atoms with Gasteiger partial charge in [0.05, 0.1) is 30.6 Å². The van der Waals surface area contributed by atoms with E-state index < -0.39 is 22.0 Å². The van der Waals surface area contributed by atoms with E-state index >= 15 is 0 Å². The highest BCUT2D eigenvalue weighted by Gasteiger charge is 2.35. The van der Waals surface area contributed by atoms with Crippen LogP contribution in [0.3, 0.4) is 0 Å². The van der Waals surface area contributed by atoms with Gasteiger partial charge < -0.3 is 14.2 Å². The summed E-state index contributed by atoms with van der Waals surface area (Å²) >= 11 is 4.18. The molecule has 2 aromatic rings. The third kappa shape index (κ3) is 5.71. The highest BCUT2D eigenvalue weighted by molar-refractivity contribution is 9.10. The molecule has 3 rings (SSSR count). The van der Waals surface area contributed by atoms with E-state index in [1.54, 1.807) is 12.1 Å². The van der Waals surface area contributed by atoms with Crippen molar-refractivity contribution in [1.82, 2.24) is 4.90 Å². The molecule has 0 aliphatic carbocycles. The van der Waals surface area contributed by atoms with Gasteiger partial charge in [-0.2, -0.15) is 0 Å². The van der Waals surface area contributed by atoms with Gasteiger partial charge in [0, 0.05) is 16.6 Å². The van der Waals surface area contributed by atoms with Crippen LogP contribution in [0.1, 0.15) is 11.1 Å². The number of nitro groups is 1. The highest BCUT2D eigenvalue weighted by Crippen LogP contribution is 2.38. The van der Waals surface area contributed by atoms with Gasteiger partial charge in [-0.1, -0.05) is 28.1 Å². The Hall–Kier alpha value is -3.38. The summed E-state index contributed by atoms with van der Waals surface area (Å²) < 4.78 is 15.8. The molecule has 1 aliphatic rings. The van der Waals surface area contributed by atoms with Crippen LogP contribution >= 0.6 is 27.7 Å². The number of rotatable bonds is 8. The molecule has 172 valence electrons. The number of benzene rings is 2. The lowest BCUT2D eigenvalue weighted by atomic mass is 10.1. The third-order valence-corrected chi connectivity index (χ3v) is 6.10. The maximum Gasteiger partial charge on any atom is 0.343 e. The number of carbonyl (C=O) groups is 3. The third-order valence-electron chi connectivity index (χ3n) is 4.50. The fraction of sp³-hybridized carbons (Fsp3) is 0.190. The normalized spacial score (nSPS) is 14.5. The molecule has 1 aliphatic heterocycles. The average Bonchev–Trinajstić information content (AvgIpc) is 3.06. The molecule has 1 heterocycles. The van der Waals surface area contributed by atoms with Crippen molar-refractivity contribution in [3.63, 3.8) is 0 Å². The number of thioether (sulfide) groups is 1. The zero-order valence-corrected chi connectivity index (χ0v) is 19.8. The summed E-state index contributed by atoms with van der Waals surface area (Å²) in [4.78, 5) is 48.1. The molecule has 2 amide bonds. The van der Waals surface area contributed by atoms with Gasteiger partial charge in [-0.25, -0.2) is 4.79 Å². The van der Waals surface area contributed by atoms with Crippen molar-refractivity contribution in [2.24, 2.45) is 0 Å². The van der Waals surface area contributed by atoms with Crippen molar-refractivity contribution in [2.75, 3.05) is 20.8 Å². The summed E-state index contributed by atoms with van der Waals surface area (Å²) in [6.45, 7) is -0.315. The van der Waals surface area contributed by atoms with Crippen molar-refractivity contribution in [3.05, 3.63) is 67.0 Å². The van der Waals surface area contributed by atoms with Gasteiger partial charge in [0.15, 0.2) is 18.1 Å². The SMILES string of the molecule is COC(=O)COc1cc(Br)c(/C=C2\SC(=O)N(Cc3ccc([N+](=O)[O-])cc3)C2=O)cc1OC. The monoisotopic (exact) mass is 536 g/mol. The van der Waals surface area contributed by atoms with Crippen LogP contribution in [0.2, 0.25) is 0 Å². The van der Waals surface area contributed by atoms with Gasteiger partial charge in [-0.3, -0.25) is 24.6 Å². The lowest BCUT2D eigenvalue weighted by Gasteiger charge is -2.13. The average molecular weight is 537 g/mol. The molecule has 33 heavy (non-hydrogen) atoms. The Kier molecular flexibility index (Phi) is 7.71. The predicted octanol–water partition coefficient (Wildman–Crippen LogP) is 4.15. The minimum Gasteiger partial charge on any atom is -0.493 e. The number of hydrogen-bond acceptors (Lipinski definition) is 9. The number of imide groups is 1. The fourth-order valence-electron chi connectivity index (χ4n) is 2.81. The fourth-order valence-corrected chi connectivity index (χ4v) is 4.08. The van der Waals surface area contributed by atoms with Crippen LogP contribution in [-0.4, -0.2) is 47.8 Å². The topological polar surface area (TPSA) is 125 Å². The molecule has 0 unspecified atom stereocenters. The Morgan fingerprint density at radius 2 is 1.88 bits per heavy atom. The smallest absolute Gasteiger partial charge is 0.343 e. The van der Waals surface area contributed by atoms with Gasteiger partial charge >= 0.3 is 5.97 Å². The minimum absolute atomic E-state index is 0.00913. The molecule has 0 aromatic heterocycles. The van der Waals surface area contributed by atoms with Crippen molar-refractivity contribution in [2.45, 2.75) is 6.54 Å². The second-order valence-corrected chi connectivity index (χ2v) is 8.43. The van der Waals surface area contributed by atoms with Crippen molar-refractivity contribution < 1.29 is 33.5 Å². The molecule has 0 saturated carbocycles. The van der Waals surface area contributed by atoms with Gasteiger partial charge in [0.1, 0.15) is 0 Å². The number of ether oxygens (including phenoxy) is 3. The predicted molar refractivity (Wildman–Crippen MR) is 123 cm³/mol. The van der Waals surface area contributed by atoms with Crippen LogP contribution in [0.4, 0.5) is 10.5 Å². The van der Waals surface area contributed by atoms with Gasteiger partial charge in [-0.05, 0) is 41.1 Å². The molecule has 0 radical (unpaired) electrons. The summed E-state index contributed by atoms with van der Waals surface area (Å²) in [7, 11) is 2.67. The van der Waals surface area contributed by atoms with Crippen LogP contribution in [0.15, 0.2) is 45.8 Å². The van der Waals surface area contributed by atoms with Gasteiger partial charge in [0.2, 0.25) is 0 Å². The zero-order valence-electron chi connectivity index (χ0n) is 17.4. The van der Waals surface area contributed by atoms with E-state index in [-0.39, 0.29) is 23.7 Å². The van der Waals surface area contributed by atoms with Crippen molar-refractivity contribution >= 4 is 56.6 Å². The lowest BCUT2D eigenvalue weighted by molar-refractivity contribution is -0.384. The summed E-state index contributed by atoms with van der Waals surface area (Å²) in [5.74, 6) is -0.434. The standard InChI is InChI=1S/C21H17BrN2O8S/c1-30-16-7-13(15(22)9-17(16)32-11-19(25)31-2)8-18-20(26)23(21(27)33-18)10-12-3-5-14(6-4-12)24(28)29/h3-9H,10-11H2,1-2H3/b18-8-. The van der Waals surface area contributed by atoms with E-state index in [0.29, 0.717) is 27.1 Å². The van der Waals surface area contributed by atoms with Gasteiger partial charge in [0.25, 0.3) is 16.8 Å². The summed E-state index contributed by atoms with van der Waals surface area (Å²) in [6, 6.07) is 8.81. The second kappa shape index (κ2) is 10.5. The number of methoxy groups -OCH3 is 2. The highest BCUT2D eigenvalue weighted by atomic mass is 79.9. The Morgan fingerprint density at radius 1 is 1.18 bits per heavy atom. The quantitative estimate of drug-likeness (QED) is 0.211. The number of amides is 2. The molecule has 10 nitrogen and oxygen atoms in total. The van der Waals surface area contributed by atoms with E-state index in [2.05, 4.69) is 20.7 Å². The van der Waals surface area contributed by atoms with Crippen LogP contribution < -0.4 is 9.47 Å². The Bertz CT molecular complexity index is 1150. The molecule has 1 fully saturated rings. The number of non-ortho nitro benzene ring substituents is 1. The van der Waals surface area contributed by atoms with Crippen LogP contribution in [0, 0.1) is 10.1 Å². The summed E-state index contributed by atoms with van der Waals surface area (Å²) in [5.41, 5.74) is 1.06. The summed E-state index contributed by atoms with van der Waals surface area (Å²) in [5, 5.41) is 10.3. The number of carbonyl (C=O) groups excluding carboxylic acids is 3. The van der Waals surface area contributed by atoms with Crippen molar-refractivity contribution in [3.8, 4) is 11.5 Å². The largest absolute Gasteiger partial charge is 0.493 e. The Morgan fingerprint density at radius 3 is 2.48 bits per heavy atom. The van der Waals surface area contributed by atoms with E-state index in [4.69, 9.17) is 9.47 Å². The van der Waals surface area contributed by atoms with Gasteiger partial charge in [-0.15, -0.1) is 0 Å². The first-order valence-electron chi connectivity index (χ1n) is 9.29. The molecule has 0 atom stereocenters. The molecule has 12 heteroatoms. The maximum absolute atomic E-state index is 12.8. The Balaban J connectivity index is 1.80. The lowest BCUT2D eigenvalue weighted by Crippen LogP contribution is -2.27. The number of esters is 1. The van der Waals surface area contributed by atoms with E-state index in [0.717, 1.165) is 16.7 Å². The summed E-state index contributed by atoms with van der Waals surface area (Å²) in [6.07, 6.45) is 1.54. The van der Waals surface area contributed by atoms with E-state index in [1.807, 2.05) is 0 Å². The molecular weight excluding hydrogens is 520 g/mol. The second-order valence-electron chi connectivity index (χ2n) is 6.58. The minimum atomic E-state index is -0.557. The van der Waals surface area contributed by atoms with Crippen LogP contribution in [-0.2, 0) is 20.9 Å². The maximum atomic E-state index is 12.8. The molecule has 0 bridgehead atoms. The molecular formula is C21H17BrN2O8S. The van der Waals surface area contributed by atoms with Crippen LogP contribution in [0.5, 0.6) is 11.5 Å². The number of halogens is 1. The number of nitro benzene ring substituents is 1. The molecule has 0 N–H and O–H groups in total.